The van der Waals surface area contributed by atoms with Crippen LogP contribution in [0, 0.1) is 6.92 Å². The van der Waals surface area contributed by atoms with Crippen molar-refractivity contribution in [1.82, 2.24) is 9.88 Å². The molecule has 32 heavy (non-hydrogen) atoms. The Morgan fingerprint density at radius 3 is 2.53 bits per heavy atom. The van der Waals surface area contributed by atoms with E-state index in [2.05, 4.69) is 9.88 Å². The Morgan fingerprint density at radius 1 is 1.12 bits per heavy atom. The molecule has 2 aromatic heterocycles. The van der Waals surface area contributed by atoms with Gasteiger partial charge in [-0.2, -0.15) is 0 Å². The number of nitrogens with zero attached hydrogens (tertiary/aromatic N) is 3. The number of hydrogen-bond donors (Lipinski definition) is 0. The van der Waals surface area contributed by atoms with Crippen LogP contribution in [0.5, 0.6) is 5.75 Å². The van der Waals surface area contributed by atoms with Crippen LogP contribution in [0.1, 0.15) is 11.5 Å². The summed E-state index contributed by atoms with van der Waals surface area (Å²) in [7, 11) is 1.64. The second kappa shape index (κ2) is 9.86. The predicted molar refractivity (Wildman–Crippen MR) is 121 cm³/mol. The van der Waals surface area contributed by atoms with E-state index in [0.29, 0.717) is 30.4 Å². The van der Waals surface area contributed by atoms with Crippen molar-refractivity contribution in [2.24, 2.45) is 0 Å². The van der Waals surface area contributed by atoms with Gasteiger partial charge in [0, 0.05) is 31.9 Å². The first-order chi connectivity index (χ1) is 15.5. The number of thiophene rings is 1. The summed E-state index contributed by atoms with van der Waals surface area (Å²) in [5.74, 6) is 1.19. The Hall–Kier alpha value is -3.33. The SMILES string of the molecule is COc1ccc(N2CCN(C(=O)COC(=O)Cc3nc(-c4cccs4)oc3C)CC2)cc1. The molecule has 3 heterocycles. The van der Waals surface area contributed by atoms with Crippen LogP contribution in [0.25, 0.3) is 10.8 Å². The standard InChI is InChI=1S/C23H25N3O5S/c1-16-19(24-23(31-16)20-4-3-13-32-20)14-22(28)30-15-21(27)26-11-9-25(10-12-26)17-5-7-18(29-2)8-6-17/h3-8,13H,9-12,14-15H2,1-2H3. The van der Waals surface area contributed by atoms with Crippen molar-refractivity contribution in [3.8, 4) is 16.5 Å². The van der Waals surface area contributed by atoms with Crippen LogP contribution in [-0.2, 0) is 20.7 Å². The number of rotatable bonds is 7. The molecule has 1 aromatic carbocycles. The number of methoxy groups -OCH3 is 1. The second-order valence-electron chi connectivity index (χ2n) is 7.40. The zero-order chi connectivity index (χ0) is 22.5. The normalized spacial score (nSPS) is 13.8. The van der Waals surface area contributed by atoms with E-state index in [4.69, 9.17) is 13.9 Å². The molecule has 1 aliphatic heterocycles. The van der Waals surface area contributed by atoms with Gasteiger partial charge in [-0.15, -0.1) is 11.3 Å². The van der Waals surface area contributed by atoms with Crippen LogP contribution in [0.4, 0.5) is 5.69 Å². The molecular formula is C23H25N3O5S. The van der Waals surface area contributed by atoms with Crippen LogP contribution >= 0.6 is 11.3 Å². The van der Waals surface area contributed by atoms with Gasteiger partial charge in [0.25, 0.3) is 5.91 Å². The lowest BCUT2D eigenvalue weighted by molar-refractivity contribution is -0.151. The molecule has 9 heteroatoms. The number of oxazole rings is 1. The topological polar surface area (TPSA) is 85.1 Å². The zero-order valence-corrected chi connectivity index (χ0v) is 18.9. The lowest BCUT2D eigenvalue weighted by Gasteiger charge is -2.36. The van der Waals surface area contributed by atoms with Gasteiger partial charge in [0.15, 0.2) is 6.61 Å². The molecule has 1 aliphatic rings. The van der Waals surface area contributed by atoms with E-state index in [0.717, 1.165) is 29.4 Å². The number of esters is 1. The van der Waals surface area contributed by atoms with Crippen molar-refractivity contribution >= 4 is 28.9 Å². The molecule has 8 nitrogen and oxygen atoms in total. The van der Waals surface area contributed by atoms with E-state index in [1.807, 2.05) is 41.8 Å². The molecule has 0 bridgehead atoms. The zero-order valence-electron chi connectivity index (χ0n) is 18.1. The minimum absolute atomic E-state index is 0.0285. The number of aryl methyl sites for hydroxylation is 1. The fourth-order valence-electron chi connectivity index (χ4n) is 3.53. The molecule has 0 radical (unpaired) electrons. The van der Waals surface area contributed by atoms with E-state index < -0.39 is 5.97 Å². The van der Waals surface area contributed by atoms with Gasteiger partial charge in [-0.3, -0.25) is 9.59 Å². The van der Waals surface area contributed by atoms with Gasteiger partial charge in [0.2, 0.25) is 5.89 Å². The summed E-state index contributed by atoms with van der Waals surface area (Å²) in [6.07, 6.45) is -0.0285. The van der Waals surface area contributed by atoms with Crippen LogP contribution in [0.15, 0.2) is 46.2 Å². The van der Waals surface area contributed by atoms with Gasteiger partial charge in [0.05, 0.1) is 24.1 Å². The van der Waals surface area contributed by atoms with Crippen molar-refractivity contribution in [2.45, 2.75) is 13.3 Å². The van der Waals surface area contributed by atoms with Gasteiger partial charge >= 0.3 is 5.97 Å². The number of piperazine rings is 1. The quantitative estimate of drug-likeness (QED) is 0.506. The number of amides is 1. The molecule has 3 aromatic rings. The number of benzene rings is 1. The first kappa shape index (κ1) is 21.9. The summed E-state index contributed by atoms with van der Waals surface area (Å²) < 4.78 is 16.1. The summed E-state index contributed by atoms with van der Waals surface area (Å²) in [5, 5.41) is 1.94. The Kier molecular flexibility index (Phi) is 6.75. The van der Waals surface area contributed by atoms with Crippen LogP contribution in [0.3, 0.4) is 0 Å². The van der Waals surface area contributed by atoms with Gasteiger partial charge in [-0.25, -0.2) is 4.98 Å². The lowest BCUT2D eigenvalue weighted by atomic mass is 10.2. The molecule has 168 valence electrons. The maximum atomic E-state index is 12.5. The van der Waals surface area contributed by atoms with Gasteiger partial charge < -0.3 is 23.7 Å². The largest absolute Gasteiger partial charge is 0.497 e. The summed E-state index contributed by atoms with van der Waals surface area (Å²) in [6.45, 7) is 4.09. The number of anilines is 1. The average Bonchev–Trinajstić information content (AvgIpc) is 3.48. The second-order valence-corrected chi connectivity index (χ2v) is 8.35. The van der Waals surface area contributed by atoms with Gasteiger partial charge in [-0.05, 0) is 42.6 Å². The van der Waals surface area contributed by atoms with E-state index in [1.165, 1.54) is 11.3 Å². The monoisotopic (exact) mass is 455 g/mol. The van der Waals surface area contributed by atoms with Crippen LogP contribution in [0.2, 0.25) is 0 Å². The number of carbonyl (C=O) groups is 2. The van der Waals surface area contributed by atoms with Crippen LogP contribution in [-0.4, -0.2) is 61.7 Å². The highest BCUT2D eigenvalue weighted by Crippen LogP contribution is 2.26. The van der Waals surface area contributed by atoms with Crippen molar-refractivity contribution < 1.29 is 23.5 Å². The fraction of sp³-hybridized carbons (Fsp3) is 0.348. The minimum Gasteiger partial charge on any atom is -0.497 e. The molecule has 1 amide bonds. The number of aromatic nitrogens is 1. The van der Waals surface area contributed by atoms with Crippen molar-refractivity contribution in [3.05, 3.63) is 53.2 Å². The van der Waals surface area contributed by atoms with Crippen molar-refractivity contribution in [1.29, 1.82) is 0 Å². The number of ether oxygens (including phenoxy) is 2. The third-order valence-electron chi connectivity index (χ3n) is 5.36. The maximum Gasteiger partial charge on any atom is 0.312 e. The van der Waals surface area contributed by atoms with E-state index in [1.54, 1.807) is 18.9 Å². The summed E-state index contributed by atoms with van der Waals surface area (Å²) in [6, 6.07) is 11.7. The highest BCUT2D eigenvalue weighted by atomic mass is 32.1. The third-order valence-corrected chi connectivity index (χ3v) is 6.22. The predicted octanol–water partition coefficient (Wildman–Crippen LogP) is 3.15. The molecule has 0 unspecified atom stereocenters. The highest BCUT2D eigenvalue weighted by Gasteiger charge is 2.23. The molecule has 1 saturated heterocycles. The molecule has 0 spiro atoms. The first-order valence-corrected chi connectivity index (χ1v) is 11.2. The Bertz CT molecular complexity index is 1050. The summed E-state index contributed by atoms with van der Waals surface area (Å²) in [4.78, 5) is 34.0. The van der Waals surface area contributed by atoms with Gasteiger partial charge in [-0.1, -0.05) is 6.07 Å². The Labute approximate surface area is 190 Å². The van der Waals surface area contributed by atoms with Crippen LogP contribution < -0.4 is 9.64 Å². The molecule has 0 saturated carbocycles. The number of hydrogen-bond acceptors (Lipinski definition) is 8. The molecule has 1 fully saturated rings. The fourth-order valence-corrected chi connectivity index (χ4v) is 4.18. The molecule has 0 atom stereocenters. The first-order valence-electron chi connectivity index (χ1n) is 10.4. The lowest BCUT2D eigenvalue weighted by Crippen LogP contribution is -2.49. The number of carbonyl (C=O) groups excluding carboxylic acids is 2. The average molecular weight is 456 g/mol. The van der Waals surface area contributed by atoms with E-state index >= 15 is 0 Å². The summed E-state index contributed by atoms with van der Waals surface area (Å²) in [5.41, 5.74) is 1.62. The molecular weight excluding hydrogens is 430 g/mol. The Morgan fingerprint density at radius 2 is 1.88 bits per heavy atom. The third kappa shape index (κ3) is 5.11. The minimum atomic E-state index is -0.496. The Balaban J connectivity index is 1.23. The van der Waals surface area contributed by atoms with E-state index in [9.17, 15) is 9.59 Å². The molecule has 0 N–H and O–H groups in total. The van der Waals surface area contributed by atoms with Gasteiger partial charge in [0.1, 0.15) is 11.5 Å². The highest BCUT2D eigenvalue weighted by molar-refractivity contribution is 7.13. The molecule has 4 rings (SSSR count). The summed E-state index contributed by atoms with van der Waals surface area (Å²) >= 11 is 1.52. The molecule has 0 aliphatic carbocycles. The van der Waals surface area contributed by atoms with Crippen molar-refractivity contribution in [3.63, 3.8) is 0 Å². The maximum absolute atomic E-state index is 12.5. The van der Waals surface area contributed by atoms with Crippen molar-refractivity contribution in [2.75, 3.05) is 44.8 Å². The van der Waals surface area contributed by atoms with E-state index in [-0.39, 0.29) is 18.9 Å². The smallest absolute Gasteiger partial charge is 0.312 e.